The minimum atomic E-state index is -0.954. The molecule has 0 aliphatic carbocycles. The van der Waals surface area contributed by atoms with Gasteiger partial charge in [0.05, 0.1) is 6.73 Å². The van der Waals surface area contributed by atoms with E-state index >= 15 is 0 Å². The molecule has 0 aromatic carbocycles. The molecule has 5 heteroatoms. The lowest BCUT2D eigenvalue weighted by Crippen LogP contribution is -2.30. The van der Waals surface area contributed by atoms with E-state index in [-0.39, 0.29) is 6.73 Å². The van der Waals surface area contributed by atoms with Gasteiger partial charge in [-0.15, -0.1) is 0 Å². The van der Waals surface area contributed by atoms with Crippen LogP contribution < -0.4 is 11.1 Å². The predicted molar refractivity (Wildman–Crippen MR) is 44.6 cm³/mol. The second-order valence-electron chi connectivity index (χ2n) is 2.60. The maximum absolute atomic E-state index is 10.2. The molecular weight excluding hydrogens is 160 g/mol. The highest BCUT2D eigenvalue weighted by molar-refractivity contribution is 5.72. The number of aliphatic hydroxyl groups is 1. The Labute approximate surface area is 71.6 Å². The van der Waals surface area contributed by atoms with Crippen LogP contribution in [0.5, 0.6) is 0 Å². The number of carboxylic acids is 1. The SMILES string of the molecule is NC(CCCCNCO)C(=O)O. The van der Waals surface area contributed by atoms with Crippen molar-refractivity contribution in [1.82, 2.24) is 5.32 Å². The molecule has 0 radical (unpaired) electrons. The summed E-state index contributed by atoms with van der Waals surface area (Å²) in [5.74, 6) is -0.954. The lowest BCUT2D eigenvalue weighted by molar-refractivity contribution is -0.138. The van der Waals surface area contributed by atoms with E-state index in [1.807, 2.05) is 0 Å². The fourth-order valence-corrected chi connectivity index (χ4v) is 0.817. The molecule has 1 unspecified atom stereocenters. The van der Waals surface area contributed by atoms with Gasteiger partial charge < -0.3 is 15.9 Å². The highest BCUT2D eigenvalue weighted by atomic mass is 16.4. The van der Waals surface area contributed by atoms with Crippen molar-refractivity contribution >= 4 is 5.97 Å². The minimum Gasteiger partial charge on any atom is -0.480 e. The highest BCUT2D eigenvalue weighted by Crippen LogP contribution is 1.97. The summed E-state index contributed by atoms with van der Waals surface area (Å²) in [5.41, 5.74) is 5.26. The lowest BCUT2D eigenvalue weighted by Gasteiger charge is -2.05. The molecule has 0 saturated carbocycles. The van der Waals surface area contributed by atoms with E-state index in [1.54, 1.807) is 0 Å². The number of aliphatic carboxylic acids is 1. The smallest absolute Gasteiger partial charge is 0.320 e. The van der Waals surface area contributed by atoms with Crippen molar-refractivity contribution in [2.75, 3.05) is 13.3 Å². The van der Waals surface area contributed by atoms with Gasteiger partial charge in [-0.2, -0.15) is 0 Å². The summed E-state index contributed by atoms with van der Waals surface area (Å²) in [7, 11) is 0. The van der Waals surface area contributed by atoms with E-state index in [1.165, 1.54) is 0 Å². The van der Waals surface area contributed by atoms with Gasteiger partial charge in [-0.1, -0.05) is 6.42 Å². The Morgan fingerprint density at radius 2 is 2.17 bits per heavy atom. The predicted octanol–water partition coefficient (Wildman–Crippen LogP) is -0.892. The number of hydrogen-bond acceptors (Lipinski definition) is 4. The highest BCUT2D eigenvalue weighted by Gasteiger charge is 2.09. The molecular formula is C7H16N2O3. The molecule has 0 saturated heterocycles. The third-order valence-electron chi connectivity index (χ3n) is 1.55. The van der Waals surface area contributed by atoms with E-state index in [0.717, 1.165) is 12.8 Å². The Kier molecular flexibility index (Phi) is 6.64. The number of nitrogens with two attached hydrogens (primary N) is 1. The standard InChI is InChI=1S/C7H16N2O3/c8-6(7(11)12)3-1-2-4-9-5-10/h6,9-10H,1-5,8H2,(H,11,12). The molecule has 0 aliphatic rings. The van der Waals surface area contributed by atoms with Crippen molar-refractivity contribution in [2.24, 2.45) is 5.73 Å². The Bertz CT molecular complexity index is 130. The average molecular weight is 176 g/mol. The number of carbonyl (C=O) groups is 1. The Morgan fingerprint density at radius 3 is 2.67 bits per heavy atom. The molecule has 0 aliphatic heterocycles. The molecule has 0 aromatic heterocycles. The molecule has 12 heavy (non-hydrogen) atoms. The van der Waals surface area contributed by atoms with Crippen LogP contribution in [0.25, 0.3) is 0 Å². The number of nitrogens with one attached hydrogen (secondary N) is 1. The van der Waals surface area contributed by atoms with Crippen molar-refractivity contribution in [1.29, 1.82) is 0 Å². The topological polar surface area (TPSA) is 95.6 Å². The maximum atomic E-state index is 10.2. The van der Waals surface area contributed by atoms with Gasteiger partial charge in [-0.3, -0.25) is 10.1 Å². The first-order valence-electron chi connectivity index (χ1n) is 3.98. The van der Waals surface area contributed by atoms with Crippen molar-refractivity contribution in [2.45, 2.75) is 25.3 Å². The van der Waals surface area contributed by atoms with Gasteiger partial charge >= 0.3 is 5.97 Å². The van der Waals surface area contributed by atoms with Gasteiger partial charge in [0.25, 0.3) is 0 Å². The molecule has 0 fully saturated rings. The summed E-state index contributed by atoms with van der Waals surface area (Å²) in [6.45, 7) is 0.661. The minimum absolute atomic E-state index is 0.0367. The molecule has 0 amide bonds. The zero-order chi connectivity index (χ0) is 9.40. The van der Waals surface area contributed by atoms with Crippen molar-refractivity contribution in [3.63, 3.8) is 0 Å². The van der Waals surface area contributed by atoms with Crippen LogP contribution in [0.3, 0.4) is 0 Å². The zero-order valence-electron chi connectivity index (χ0n) is 6.99. The first kappa shape index (κ1) is 11.4. The summed E-state index contributed by atoms with van der Waals surface area (Å²) < 4.78 is 0. The van der Waals surface area contributed by atoms with Gasteiger partial charge in [0.1, 0.15) is 6.04 Å². The van der Waals surface area contributed by atoms with Crippen LogP contribution >= 0.6 is 0 Å². The molecule has 0 spiro atoms. The van der Waals surface area contributed by atoms with Gasteiger partial charge in [0.2, 0.25) is 0 Å². The first-order valence-corrected chi connectivity index (χ1v) is 3.98. The van der Waals surface area contributed by atoms with Crippen LogP contribution in [-0.4, -0.2) is 35.5 Å². The van der Waals surface area contributed by atoms with Crippen LogP contribution in [0, 0.1) is 0 Å². The number of unbranched alkanes of at least 4 members (excludes halogenated alkanes) is 1. The third kappa shape index (κ3) is 6.09. The molecule has 5 N–H and O–H groups in total. The number of aliphatic hydroxyl groups excluding tert-OH is 1. The van der Waals surface area contributed by atoms with Crippen LogP contribution in [-0.2, 0) is 4.79 Å². The Balaban J connectivity index is 3.14. The van der Waals surface area contributed by atoms with Gasteiger partial charge in [0.15, 0.2) is 0 Å². The molecule has 72 valence electrons. The van der Waals surface area contributed by atoms with Crippen LogP contribution in [0.1, 0.15) is 19.3 Å². The second kappa shape index (κ2) is 7.02. The largest absolute Gasteiger partial charge is 0.480 e. The van der Waals surface area contributed by atoms with Crippen LogP contribution in [0.2, 0.25) is 0 Å². The van der Waals surface area contributed by atoms with Crippen LogP contribution in [0.15, 0.2) is 0 Å². The quantitative estimate of drug-likeness (QED) is 0.298. The molecule has 0 aromatic rings. The molecule has 0 heterocycles. The summed E-state index contributed by atoms with van der Waals surface area (Å²) >= 11 is 0. The lowest BCUT2D eigenvalue weighted by atomic mass is 10.1. The Hall–Kier alpha value is -0.650. The molecule has 1 atom stereocenters. The Morgan fingerprint density at radius 1 is 1.50 bits per heavy atom. The summed E-state index contributed by atoms with van der Waals surface area (Å²) in [6, 6.07) is -0.751. The third-order valence-corrected chi connectivity index (χ3v) is 1.55. The monoisotopic (exact) mass is 176 g/mol. The van der Waals surface area contributed by atoms with E-state index < -0.39 is 12.0 Å². The normalized spacial score (nSPS) is 12.8. The van der Waals surface area contributed by atoms with Gasteiger partial charge in [0, 0.05) is 0 Å². The molecule has 0 rings (SSSR count). The zero-order valence-corrected chi connectivity index (χ0v) is 6.99. The molecule has 5 nitrogen and oxygen atoms in total. The summed E-state index contributed by atoms with van der Waals surface area (Å²) in [4.78, 5) is 10.2. The van der Waals surface area contributed by atoms with Crippen molar-refractivity contribution in [3.05, 3.63) is 0 Å². The number of hydrogen-bond donors (Lipinski definition) is 4. The summed E-state index contributed by atoms with van der Waals surface area (Å²) in [6.07, 6.45) is 2.09. The van der Waals surface area contributed by atoms with E-state index in [9.17, 15) is 4.79 Å². The first-order chi connectivity index (χ1) is 5.68. The maximum Gasteiger partial charge on any atom is 0.320 e. The molecule has 0 bridgehead atoms. The van der Waals surface area contributed by atoms with E-state index in [0.29, 0.717) is 13.0 Å². The summed E-state index contributed by atoms with van der Waals surface area (Å²) in [5, 5.41) is 19.5. The van der Waals surface area contributed by atoms with E-state index in [2.05, 4.69) is 5.32 Å². The van der Waals surface area contributed by atoms with E-state index in [4.69, 9.17) is 15.9 Å². The van der Waals surface area contributed by atoms with Crippen LogP contribution in [0.4, 0.5) is 0 Å². The fraction of sp³-hybridized carbons (Fsp3) is 0.857. The number of carboxylic acid groups (broad SMARTS) is 1. The van der Waals surface area contributed by atoms with Gasteiger partial charge in [-0.25, -0.2) is 0 Å². The fourth-order valence-electron chi connectivity index (χ4n) is 0.817. The van der Waals surface area contributed by atoms with Crippen molar-refractivity contribution < 1.29 is 15.0 Å². The second-order valence-corrected chi connectivity index (χ2v) is 2.60. The average Bonchev–Trinajstić information content (AvgIpc) is 2.03. The number of rotatable bonds is 7. The van der Waals surface area contributed by atoms with Gasteiger partial charge in [-0.05, 0) is 19.4 Å². The van der Waals surface area contributed by atoms with Crippen molar-refractivity contribution in [3.8, 4) is 0 Å².